The lowest BCUT2D eigenvalue weighted by atomic mass is 10.2. The molecule has 0 bridgehead atoms. The molecular formula is C9H17NO2. The number of carbonyl (C=O) groups excluding carboxylic acids is 1. The van der Waals surface area contributed by atoms with Crippen LogP contribution in [0.25, 0.3) is 0 Å². The standard InChI is InChI=1S/C9H17NO2/c1-9(2,3)12-8(11)7-4-6(7)5-10/h6-7H,4-5,10H2,1-3H3/t6-,7+/m0/s1. The van der Waals surface area contributed by atoms with E-state index in [2.05, 4.69) is 0 Å². The van der Waals surface area contributed by atoms with Gasteiger partial charge in [0, 0.05) is 0 Å². The molecule has 0 heterocycles. The van der Waals surface area contributed by atoms with E-state index in [1.165, 1.54) is 0 Å². The first-order valence-corrected chi connectivity index (χ1v) is 4.37. The number of rotatable bonds is 2. The number of nitrogens with two attached hydrogens (primary N) is 1. The van der Waals surface area contributed by atoms with Gasteiger partial charge in [0.1, 0.15) is 5.60 Å². The summed E-state index contributed by atoms with van der Waals surface area (Å²) in [6.45, 7) is 6.24. The van der Waals surface area contributed by atoms with Crippen LogP contribution in [0, 0.1) is 11.8 Å². The van der Waals surface area contributed by atoms with Crippen LogP contribution in [0.2, 0.25) is 0 Å². The van der Waals surface area contributed by atoms with E-state index >= 15 is 0 Å². The fourth-order valence-corrected chi connectivity index (χ4v) is 1.17. The van der Waals surface area contributed by atoms with Gasteiger partial charge in [0.25, 0.3) is 0 Å². The Hall–Kier alpha value is -0.570. The fraction of sp³-hybridized carbons (Fsp3) is 0.889. The van der Waals surface area contributed by atoms with Crippen molar-refractivity contribution in [2.45, 2.75) is 32.8 Å². The van der Waals surface area contributed by atoms with E-state index in [0.29, 0.717) is 12.5 Å². The molecule has 0 spiro atoms. The van der Waals surface area contributed by atoms with Crippen molar-refractivity contribution in [3.05, 3.63) is 0 Å². The lowest BCUT2D eigenvalue weighted by molar-refractivity contribution is -0.156. The molecule has 1 rings (SSSR count). The zero-order valence-corrected chi connectivity index (χ0v) is 7.96. The number of carbonyl (C=O) groups is 1. The Labute approximate surface area is 73.3 Å². The van der Waals surface area contributed by atoms with Gasteiger partial charge in [-0.05, 0) is 39.7 Å². The molecule has 2 N–H and O–H groups in total. The zero-order valence-electron chi connectivity index (χ0n) is 7.96. The van der Waals surface area contributed by atoms with Crippen molar-refractivity contribution in [1.29, 1.82) is 0 Å². The zero-order chi connectivity index (χ0) is 9.35. The molecule has 70 valence electrons. The molecule has 1 aliphatic carbocycles. The highest BCUT2D eigenvalue weighted by Gasteiger charge is 2.44. The topological polar surface area (TPSA) is 52.3 Å². The molecule has 0 radical (unpaired) electrons. The van der Waals surface area contributed by atoms with Crippen LogP contribution >= 0.6 is 0 Å². The Morgan fingerprint density at radius 1 is 1.58 bits per heavy atom. The minimum absolute atomic E-state index is 0.0780. The molecular weight excluding hydrogens is 154 g/mol. The second-order valence-electron chi connectivity index (χ2n) is 4.37. The first kappa shape index (κ1) is 9.52. The van der Waals surface area contributed by atoms with Crippen LogP contribution in [0.5, 0.6) is 0 Å². The number of hydrogen-bond acceptors (Lipinski definition) is 3. The third kappa shape index (κ3) is 2.48. The quantitative estimate of drug-likeness (QED) is 0.629. The summed E-state index contributed by atoms with van der Waals surface area (Å²) in [7, 11) is 0. The van der Waals surface area contributed by atoms with E-state index in [-0.39, 0.29) is 17.5 Å². The molecule has 0 aromatic rings. The summed E-state index contributed by atoms with van der Waals surface area (Å²) in [5.74, 6) is 0.368. The Bertz CT molecular complexity index is 183. The maximum atomic E-state index is 11.3. The molecule has 0 unspecified atom stereocenters. The van der Waals surface area contributed by atoms with Gasteiger partial charge in [0.15, 0.2) is 0 Å². The van der Waals surface area contributed by atoms with Crippen LogP contribution < -0.4 is 5.73 Å². The molecule has 1 aliphatic rings. The molecule has 0 saturated heterocycles. The maximum absolute atomic E-state index is 11.3. The SMILES string of the molecule is CC(C)(C)OC(=O)[C@@H]1C[C@H]1CN. The second kappa shape index (κ2) is 3.05. The van der Waals surface area contributed by atoms with E-state index in [4.69, 9.17) is 10.5 Å². The lowest BCUT2D eigenvalue weighted by Crippen LogP contribution is -2.25. The average Bonchev–Trinajstić information content (AvgIpc) is 2.60. The average molecular weight is 171 g/mol. The van der Waals surface area contributed by atoms with Gasteiger partial charge in [-0.25, -0.2) is 0 Å². The van der Waals surface area contributed by atoms with Gasteiger partial charge in [0.05, 0.1) is 5.92 Å². The summed E-state index contributed by atoms with van der Waals surface area (Å²) in [6.07, 6.45) is 0.908. The maximum Gasteiger partial charge on any atom is 0.309 e. The van der Waals surface area contributed by atoms with Gasteiger partial charge < -0.3 is 10.5 Å². The molecule has 0 amide bonds. The summed E-state index contributed by atoms with van der Waals surface area (Å²) >= 11 is 0. The van der Waals surface area contributed by atoms with E-state index < -0.39 is 0 Å². The first-order valence-electron chi connectivity index (χ1n) is 4.37. The van der Waals surface area contributed by atoms with Crippen molar-refractivity contribution in [2.24, 2.45) is 17.6 Å². The van der Waals surface area contributed by atoms with Crippen molar-refractivity contribution < 1.29 is 9.53 Å². The number of esters is 1. The highest BCUT2D eigenvalue weighted by atomic mass is 16.6. The second-order valence-corrected chi connectivity index (χ2v) is 4.37. The molecule has 0 aromatic carbocycles. The third-order valence-electron chi connectivity index (χ3n) is 1.93. The number of hydrogen-bond donors (Lipinski definition) is 1. The smallest absolute Gasteiger partial charge is 0.309 e. The van der Waals surface area contributed by atoms with Gasteiger partial charge in [-0.2, -0.15) is 0 Å². The normalized spacial score (nSPS) is 28.3. The van der Waals surface area contributed by atoms with Crippen molar-refractivity contribution in [1.82, 2.24) is 0 Å². The summed E-state index contributed by atoms with van der Waals surface area (Å²) in [5.41, 5.74) is 5.06. The molecule has 3 nitrogen and oxygen atoms in total. The Morgan fingerprint density at radius 2 is 2.17 bits per heavy atom. The van der Waals surface area contributed by atoms with Crippen molar-refractivity contribution in [2.75, 3.05) is 6.54 Å². The summed E-state index contributed by atoms with van der Waals surface area (Å²) in [5, 5.41) is 0. The van der Waals surface area contributed by atoms with Gasteiger partial charge in [-0.15, -0.1) is 0 Å². The largest absolute Gasteiger partial charge is 0.460 e. The first-order chi connectivity index (χ1) is 5.44. The van der Waals surface area contributed by atoms with Gasteiger partial charge in [-0.3, -0.25) is 4.79 Å². The Morgan fingerprint density at radius 3 is 2.50 bits per heavy atom. The van der Waals surface area contributed by atoms with Crippen molar-refractivity contribution >= 4 is 5.97 Å². The highest BCUT2D eigenvalue weighted by Crippen LogP contribution is 2.39. The van der Waals surface area contributed by atoms with Gasteiger partial charge in [0.2, 0.25) is 0 Å². The van der Waals surface area contributed by atoms with Crippen LogP contribution in [-0.4, -0.2) is 18.1 Å². The highest BCUT2D eigenvalue weighted by molar-refractivity contribution is 5.76. The van der Waals surface area contributed by atoms with Crippen LogP contribution in [0.1, 0.15) is 27.2 Å². The summed E-state index contributed by atoms with van der Waals surface area (Å²) in [6, 6.07) is 0. The van der Waals surface area contributed by atoms with Gasteiger partial charge >= 0.3 is 5.97 Å². The minimum Gasteiger partial charge on any atom is -0.460 e. The van der Waals surface area contributed by atoms with Crippen LogP contribution in [0.4, 0.5) is 0 Å². The van der Waals surface area contributed by atoms with Crippen molar-refractivity contribution in [3.63, 3.8) is 0 Å². The Balaban J connectivity index is 2.32. The molecule has 1 fully saturated rings. The molecule has 0 aromatic heterocycles. The van der Waals surface area contributed by atoms with Crippen LogP contribution in [0.3, 0.4) is 0 Å². The number of ether oxygens (including phenoxy) is 1. The van der Waals surface area contributed by atoms with Crippen LogP contribution in [-0.2, 0) is 9.53 Å². The van der Waals surface area contributed by atoms with Crippen LogP contribution in [0.15, 0.2) is 0 Å². The Kier molecular flexibility index (Phi) is 2.42. The predicted octanol–water partition coefficient (Wildman–Crippen LogP) is 0.923. The summed E-state index contributed by atoms with van der Waals surface area (Å²) in [4.78, 5) is 11.3. The van der Waals surface area contributed by atoms with E-state index in [1.54, 1.807) is 0 Å². The van der Waals surface area contributed by atoms with Crippen molar-refractivity contribution in [3.8, 4) is 0 Å². The summed E-state index contributed by atoms with van der Waals surface area (Å²) < 4.78 is 5.20. The predicted molar refractivity (Wildman–Crippen MR) is 46.5 cm³/mol. The van der Waals surface area contributed by atoms with E-state index in [0.717, 1.165) is 6.42 Å². The molecule has 3 heteroatoms. The molecule has 2 atom stereocenters. The van der Waals surface area contributed by atoms with E-state index in [1.807, 2.05) is 20.8 Å². The lowest BCUT2D eigenvalue weighted by Gasteiger charge is -2.19. The monoisotopic (exact) mass is 171 g/mol. The third-order valence-corrected chi connectivity index (χ3v) is 1.93. The molecule has 1 saturated carbocycles. The fourth-order valence-electron chi connectivity index (χ4n) is 1.17. The molecule has 0 aliphatic heterocycles. The minimum atomic E-state index is -0.362. The van der Waals surface area contributed by atoms with Gasteiger partial charge in [-0.1, -0.05) is 0 Å². The van der Waals surface area contributed by atoms with E-state index in [9.17, 15) is 4.79 Å². The molecule has 12 heavy (non-hydrogen) atoms.